The van der Waals surface area contributed by atoms with Gasteiger partial charge in [0.15, 0.2) is 0 Å². The first-order valence-electron chi connectivity index (χ1n) is 7.10. The fourth-order valence-electron chi connectivity index (χ4n) is 2.13. The van der Waals surface area contributed by atoms with Crippen molar-refractivity contribution in [2.24, 2.45) is 5.92 Å². The van der Waals surface area contributed by atoms with Crippen LogP contribution >= 0.6 is 0 Å². The molecule has 6 heteroatoms. The number of benzene rings is 1. The van der Waals surface area contributed by atoms with E-state index in [4.69, 9.17) is 5.11 Å². The van der Waals surface area contributed by atoms with Gasteiger partial charge in [0.05, 0.1) is 5.56 Å². The highest BCUT2D eigenvalue weighted by molar-refractivity contribution is 5.91. The Labute approximate surface area is 122 Å². The SMILES string of the molecule is CCCN(CC1CC1)C(=O)Nc1ccc(C(=O)O)c(F)c1. The molecule has 1 aromatic carbocycles. The molecule has 2 N–H and O–H groups in total. The van der Waals surface area contributed by atoms with E-state index in [9.17, 15) is 14.0 Å². The van der Waals surface area contributed by atoms with Gasteiger partial charge in [0, 0.05) is 18.8 Å². The average Bonchev–Trinajstić information content (AvgIpc) is 3.21. The number of hydrogen-bond donors (Lipinski definition) is 2. The van der Waals surface area contributed by atoms with Crippen LogP contribution in [0, 0.1) is 11.7 Å². The van der Waals surface area contributed by atoms with Crippen LogP contribution < -0.4 is 5.32 Å². The minimum Gasteiger partial charge on any atom is -0.478 e. The van der Waals surface area contributed by atoms with Crippen LogP contribution in [0.25, 0.3) is 0 Å². The highest BCUT2D eigenvalue weighted by Gasteiger charge is 2.26. The number of urea groups is 1. The van der Waals surface area contributed by atoms with Crippen LogP contribution in [0.15, 0.2) is 18.2 Å². The molecular weight excluding hydrogens is 275 g/mol. The van der Waals surface area contributed by atoms with Gasteiger partial charge in [-0.25, -0.2) is 14.0 Å². The van der Waals surface area contributed by atoms with Crippen molar-refractivity contribution in [1.82, 2.24) is 4.90 Å². The molecule has 0 unspecified atom stereocenters. The van der Waals surface area contributed by atoms with E-state index in [-0.39, 0.29) is 11.7 Å². The summed E-state index contributed by atoms with van der Waals surface area (Å²) in [6.07, 6.45) is 3.15. The van der Waals surface area contributed by atoms with Gasteiger partial charge in [-0.15, -0.1) is 0 Å². The predicted octanol–water partition coefficient (Wildman–Crippen LogP) is 3.18. The molecule has 0 heterocycles. The molecule has 5 nitrogen and oxygen atoms in total. The van der Waals surface area contributed by atoms with E-state index in [1.165, 1.54) is 6.07 Å². The van der Waals surface area contributed by atoms with Crippen molar-refractivity contribution in [3.8, 4) is 0 Å². The zero-order chi connectivity index (χ0) is 15.4. The van der Waals surface area contributed by atoms with Gasteiger partial charge in [0.1, 0.15) is 5.82 Å². The van der Waals surface area contributed by atoms with Crippen LogP contribution in [0.4, 0.5) is 14.9 Å². The molecule has 0 saturated heterocycles. The largest absolute Gasteiger partial charge is 0.478 e. The summed E-state index contributed by atoms with van der Waals surface area (Å²) < 4.78 is 13.6. The molecule has 1 saturated carbocycles. The Bertz CT molecular complexity index is 544. The maximum Gasteiger partial charge on any atom is 0.338 e. The van der Waals surface area contributed by atoms with Crippen LogP contribution in [0.5, 0.6) is 0 Å². The number of carboxylic acids is 1. The Morgan fingerprint density at radius 1 is 1.43 bits per heavy atom. The number of carbonyl (C=O) groups is 2. The van der Waals surface area contributed by atoms with Crippen molar-refractivity contribution in [2.45, 2.75) is 26.2 Å². The number of amides is 2. The second kappa shape index (κ2) is 6.56. The van der Waals surface area contributed by atoms with Gasteiger partial charge >= 0.3 is 12.0 Å². The minimum absolute atomic E-state index is 0.263. The molecule has 0 aromatic heterocycles. The molecule has 1 aromatic rings. The Kier molecular flexibility index (Phi) is 4.77. The van der Waals surface area contributed by atoms with E-state index >= 15 is 0 Å². The number of carbonyl (C=O) groups excluding carboxylic acids is 1. The third kappa shape index (κ3) is 4.18. The minimum atomic E-state index is -1.33. The first-order valence-corrected chi connectivity index (χ1v) is 7.10. The van der Waals surface area contributed by atoms with Gasteiger partial charge in [-0.1, -0.05) is 6.92 Å². The number of rotatable bonds is 6. The Morgan fingerprint density at radius 2 is 2.14 bits per heavy atom. The predicted molar refractivity (Wildman–Crippen MR) is 77.0 cm³/mol. The highest BCUT2D eigenvalue weighted by atomic mass is 19.1. The number of anilines is 1. The molecule has 0 aliphatic heterocycles. The van der Waals surface area contributed by atoms with Crippen molar-refractivity contribution in [3.05, 3.63) is 29.6 Å². The second-order valence-electron chi connectivity index (χ2n) is 5.32. The molecule has 0 radical (unpaired) electrons. The number of carboxylic acid groups (broad SMARTS) is 1. The molecule has 0 bridgehead atoms. The van der Waals surface area contributed by atoms with Crippen molar-refractivity contribution < 1.29 is 19.1 Å². The summed E-state index contributed by atoms with van der Waals surface area (Å²) in [6, 6.07) is 3.30. The van der Waals surface area contributed by atoms with Crippen molar-refractivity contribution in [2.75, 3.05) is 18.4 Å². The molecule has 1 fully saturated rings. The van der Waals surface area contributed by atoms with Crippen LogP contribution in [0.1, 0.15) is 36.5 Å². The monoisotopic (exact) mass is 294 g/mol. The number of nitrogens with zero attached hydrogens (tertiary/aromatic N) is 1. The molecule has 2 amide bonds. The van der Waals surface area contributed by atoms with Crippen LogP contribution in [-0.4, -0.2) is 35.1 Å². The Morgan fingerprint density at radius 3 is 2.67 bits per heavy atom. The molecule has 1 aliphatic rings. The van der Waals surface area contributed by atoms with Gasteiger partial charge in [-0.3, -0.25) is 0 Å². The molecule has 2 rings (SSSR count). The first kappa shape index (κ1) is 15.3. The lowest BCUT2D eigenvalue weighted by Gasteiger charge is -2.22. The summed E-state index contributed by atoms with van der Waals surface area (Å²) in [4.78, 5) is 24.6. The van der Waals surface area contributed by atoms with E-state index in [0.717, 1.165) is 37.9 Å². The summed E-state index contributed by atoms with van der Waals surface area (Å²) in [6.45, 7) is 3.36. The van der Waals surface area contributed by atoms with E-state index in [1.54, 1.807) is 4.90 Å². The quantitative estimate of drug-likeness (QED) is 0.846. The van der Waals surface area contributed by atoms with Gasteiger partial charge in [0.25, 0.3) is 0 Å². The fraction of sp³-hybridized carbons (Fsp3) is 0.467. The molecule has 1 aliphatic carbocycles. The molecule has 0 atom stereocenters. The van der Waals surface area contributed by atoms with E-state index in [1.807, 2.05) is 6.92 Å². The zero-order valence-corrected chi connectivity index (χ0v) is 11.9. The Balaban J connectivity index is 2.03. The topological polar surface area (TPSA) is 69.6 Å². The zero-order valence-electron chi connectivity index (χ0n) is 11.9. The van der Waals surface area contributed by atoms with Crippen molar-refractivity contribution in [3.63, 3.8) is 0 Å². The number of aromatic carboxylic acids is 1. The van der Waals surface area contributed by atoms with Gasteiger partial charge in [-0.05, 0) is 43.4 Å². The standard InChI is InChI=1S/C15H19FN2O3/c1-2-7-18(9-10-3-4-10)15(21)17-11-5-6-12(14(19)20)13(16)8-11/h5-6,8,10H,2-4,7,9H2,1H3,(H,17,21)(H,19,20). The number of hydrogen-bond acceptors (Lipinski definition) is 2. The molecule has 21 heavy (non-hydrogen) atoms. The van der Waals surface area contributed by atoms with Crippen molar-refractivity contribution in [1.29, 1.82) is 0 Å². The molecule has 0 spiro atoms. The molecular formula is C15H19FN2O3. The normalized spacial score (nSPS) is 13.8. The van der Waals surface area contributed by atoms with Crippen LogP contribution in [0.2, 0.25) is 0 Å². The number of halogens is 1. The summed E-state index contributed by atoms with van der Waals surface area (Å²) in [5, 5.41) is 11.4. The first-order chi connectivity index (χ1) is 10.0. The van der Waals surface area contributed by atoms with Gasteiger partial charge in [0.2, 0.25) is 0 Å². The summed E-state index contributed by atoms with van der Waals surface area (Å²) in [7, 11) is 0. The maximum atomic E-state index is 13.6. The smallest absolute Gasteiger partial charge is 0.338 e. The maximum absolute atomic E-state index is 13.6. The third-order valence-electron chi connectivity index (χ3n) is 3.41. The Hall–Kier alpha value is -2.11. The van der Waals surface area contributed by atoms with Crippen LogP contribution in [-0.2, 0) is 0 Å². The second-order valence-corrected chi connectivity index (χ2v) is 5.32. The van der Waals surface area contributed by atoms with Gasteiger partial charge in [-0.2, -0.15) is 0 Å². The average molecular weight is 294 g/mol. The third-order valence-corrected chi connectivity index (χ3v) is 3.41. The van der Waals surface area contributed by atoms with E-state index in [2.05, 4.69) is 5.32 Å². The summed E-state index contributed by atoms with van der Waals surface area (Å²) in [5.74, 6) is -1.61. The lowest BCUT2D eigenvalue weighted by atomic mass is 10.2. The lowest BCUT2D eigenvalue weighted by molar-refractivity contribution is 0.0692. The summed E-state index contributed by atoms with van der Waals surface area (Å²) >= 11 is 0. The van der Waals surface area contributed by atoms with Crippen molar-refractivity contribution >= 4 is 17.7 Å². The highest BCUT2D eigenvalue weighted by Crippen LogP contribution is 2.30. The lowest BCUT2D eigenvalue weighted by Crippen LogP contribution is -2.37. The molecule has 114 valence electrons. The van der Waals surface area contributed by atoms with Crippen LogP contribution in [0.3, 0.4) is 0 Å². The van der Waals surface area contributed by atoms with E-state index < -0.39 is 17.3 Å². The number of nitrogens with one attached hydrogen (secondary N) is 1. The summed E-state index contributed by atoms with van der Waals surface area (Å²) in [5.41, 5.74) is -0.143. The van der Waals surface area contributed by atoms with E-state index in [0.29, 0.717) is 12.5 Å². The fourth-order valence-corrected chi connectivity index (χ4v) is 2.13. The van der Waals surface area contributed by atoms with Gasteiger partial charge < -0.3 is 15.3 Å².